The third kappa shape index (κ3) is 5.33. The average molecular weight is 561 g/mol. The van der Waals surface area contributed by atoms with Crippen molar-refractivity contribution >= 4 is 28.4 Å². The molecule has 2 saturated heterocycles. The average Bonchev–Trinajstić information content (AvgIpc) is 3.23. The predicted molar refractivity (Wildman–Crippen MR) is 156 cm³/mol. The number of hydrogen-bond acceptors (Lipinski definition) is 7. The molecule has 5 heterocycles. The van der Waals surface area contributed by atoms with Crippen LogP contribution in [0.15, 0.2) is 66.1 Å². The Hall–Kier alpha value is -4.12. The normalized spacial score (nSPS) is 19.8. The highest BCUT2D eigenvalue weighted by atomic mass is 19.3. The van der Waals surface area contributed by atoms with Crippen molar-refractivity contribution in [1.82, 2.24) is 29.2 Å². The van der Waals surface area contributed by atoms with Gasteiger partial charge >= 0.3 is 0 Å². The molecular weight excluding hydrogens is 526 g/mol. The number of nitrogens with zero attached hydrogens (tertiary/aromatic N) is 7. The highest BCUT2D eigenvalue weighted by molar-refractivity contribution is 5.77. The number of likely N-dealkylation sites (tertiary alicyclic amines) is 1. The van der Waals surface area contributed by atoms with Crippen LogP contribution in [0.2, 0.25) is 0 Å². The van der Waals surface area contributed by atoms with Gasteiger partial charge < -0.3 is 15.1 Å². The Morgan fingerprint density at radius 3 is 2.59 bits per heavy atom. The SMILES string of the molecule is C=CCn1c(=O)c2cnc(Nc3ccc(N4CCC5CN(C)CCC5C4)cc3)nc2n1-c1cccc(C(C)(F)F)n1. The molecule has 0 aliphatic carbocycles. The van der Waals surface area contributed by atoms with E-state index in [1.165, 1.54) is 59.3 Å². The zero-order valence-corrected chi connectivity index (χ0v) is 23.3. The summed E-state index contributed by atoms with van der Waals surface area (Å²) in [4.78, 5) is 31.2. The molecule has 2 fully saturated rings. The number of piperidine rings is 2. The molecule has 11 heteroatoms. The maximum atomic E-state index is 14.1. The van der Waals surface area contributed by atoms with Crippen LogP contribution in [0.25, 0.3) is 16.9 Å². The molecule has 6 rings (SSSR count). The van der Waals surface area contributed by atoms with Crippen molar-refractivity contribution in [3.63, 3.8) is 0 Å². The largest absolute Gasteiger partial charge is 0.371 e. The minimum Gasteiger partial charge on any atom is -0.371 e. The minimum atomic E-state index is -3.14. The van der Waals surface area contributed by atoms with E-state index in [4.69, 9.17) is 0 Å². The van der Waals surface area contributed by atoms with E-state index in [9.17, 15) is 13.6 Å². The third-order valence-corrected chi connectivity index (χ3v) is 8.19. The molecule has 2 aliphatic heterocycles. The topological polar surface area (TPSA) is 84.1 Å². The number of halogens is 2. The van der Waals surface area contributed by atoms with Gasteiger partial charge in [-0.3, -0.25) is 4.79 Å². The van der Waals surface area contributed by atoms with E-state index in [1.54, 1.807) is 12.1 Å². The summed E-state index contributed by atoms with van der Waals surface area (Å²) in [6.45, 7) is 9.16. The van der Waals surface area contributed by atoms with Crippen molar-refractivity contribution in [2.45, 2.75) is 32.2 Å². The van der Waals surface area contributed by atoms with E-state index >= 15 is 0 Å². The van der Waals surface area contributed by atoms with Gasteiger partial charge in [0.25, 0.3) is 11.5 Å². The quantitative estimate of drug-likeness (QED) is 0.325. The first-order valence-electron chi connectivity index (χ1n) is 14.0. The molecule has 214 valence electrons. The summed E-state index contributed by atoms with van der Waals surface area (Å²) < 4.78 is 30.9. The number of pyridine rings is 1. The highest BCUT2D eigenvalue weighted by Crippen LogP contribution is 2.33. The maximum absolute atomic E-state index is 14.1. The number of allylic oxidation sites excluding steroid dienone is 1. The molecule has 0 spiro atoms. The second kappa shape index (κ2) is 10.7. The van der Waals surface area contributed by atoms with Gasteiger partial charge in [-0.2, -0.15) is 13.8 Å². The molecule has 1 aromatic carbocycles. The zero-order chi connectivity index (χ0) is 28.7. The lowest BCUT2D eigenvalue weighted by atomic mass is 9.80. The van der Waals surface area contributed by atoms with Crippen molar-refractivity contribution in [1.29, 1.82) is 0 Å². The van der Waals surface area contributed by atoms with Gasteiger partial charge in [0, 0.05) is 44.1 Å². The molecule has 1 N–H and O–H groups in total. The summed E-state index contributed by atoms with van der Waals surface area (Å²) in [6.07, 6.45) is 5.46. The lowest BCUT2D eigenvalue weighted by molar-refractivity contribution is 0.0127. The summed E-state index contributed by atoms with van der Waals surface area (Å²) in [6, 6.07) is 12.5. The predicted octanol–water partition coefficient (Wildman–Crippen LogP) is 4.80. The van der Waals surface area contributed by atoms with Gasteiger partial charge in [-0.05, 0) is 74.7 Å². The van der Waals surface area contributed by atoms with Crippen LogP contribution < -0.4 is 15.8 Å². The molecule has 2 aliphatic rings. The van der Waals surface area contributed by atoms with E-state index in [1.807, 2.05) is 12.1 Å². The summed E-state index contributed by atoms with van der Waals surface area (Å²) in [5.41, 5.74) is 1.49. The fraction of sp³-hybridized carbons (Fsp3) is 0.400. The van der Waals surface area contributed by atoms with Gasteiger partial charge in [-0.15, -0.1) is 6.58 Å². The number of hydrogen-bond donors (Lipinski definition) is 1. The van der Waals surface area contributed by atoms with Crippen LogP contribution in [0.4, 0.5) is 26.1 Å². The Labute approximate surface area is 237 Å². The van der Waals surface area contributed by atoms with Crippen LogP contribution in [0.5, 0.6) is 0 Å². The van der Waals surface area contributed by atoms with Crippen molar-refractivity contribution in [2.75, 3.05) is 43.4 Å². The van der Waals surface area contributed by atoms with E-state index < -0.39 is 11.6 Å². The van der Waals surface area contributed by atoms with Crippen LogP contribution in [-0.4, -0.2) is 62.4 Å². The van der Waals surface area contributed by atoms with E-state index in [-0.39, 0.29) is 34.9 Å². The van der Waals surface area contributed by atoms with Gasteiger partial charge in [0.2, 0.25) is 5.95 Å². The lowest BCUT2D eigenvalue weighted by Gasteiger charge is -2.44. The van der Waals surface area contributed by atoms with Gasteiger partial charge in [-0.1, -0.05) is 12.1 Å². The van der Waals surface area contributed by atoms with Gasteiger partial charge in [0.05, 0.1) is 6.54 Å². The monoisotopic (exact) mass is 560 g/mol. The Balaban J connectivity index is 1.27. The molecule has 3 aromatic heterocycles. The van der Waals surface area contributed by atoms with Crippen molar-refractivity contribution < 1.29 is 8.78 Å². The van der Waals surface area contributed by atoms with Crippen LogP contribution in [0.1, 0.15) is 25.5 Å². The molecular formula is C30H34F2N8O. The maximum Gasteiger partial charge on any atom is 0.287 e. The third-order valence-electron chi connectivity index (χ3n) is 8.19. The van der Waals surface area contributed by atoms with Crippen molar-refractivity contribution in [3.05, 3.63) is 77.4 Å². The Morgan fingerprint density at radius 2 is 1.83 bits per heavy atom. The van der Waals surface area contributed by atoms with Gasteiger partial charge in [0.15, 0.2) is 11.5 Å². The molecule has 0 amide bonds. The highest BCUT2D eigenvalue weighted by Gasteiger charge is 2.33. The Bertz CT molecular complexity index is 1620. The van der Waals surface area contributed by atoms with Crippen LogP contribution in [0, 0.1) is 11.8 Å². The fourth-order valence-corrected chi connectivity index (χ4v) is 6.04. The van der Waals surface area contributed by atoms with Crippen LogP contribution in [-0.2, 0) is 12.5 Å². The molecule has 2 atom stereocenters. The number of nitrogens with one attached hydrogen (secondary N) is 1. The van der Waals surface area contributed by atoms with E-state index in [2.05, 4.69) is 55.8 Å². The van der Waals surface area contributed by atoms with Gasteiger partial charge in [0.1, 0.15) is 11.1 Å². The number of aromatic nitrogens is 5. The summed E-state index contributed by atoms with van der Waals surface area (Å²) >= 11 is 0. The summed E-state index contributed by atoms with van der Waals surface area (Å²) in [7, 11) is 2.22. The number of rotatable bonds is 7. The zero-order valence-electron chi connectivity index (χ0n) is 23.3. The molecule has 0 saturated carbocycles. The lowest BCUT2D eigenvalue weighted by Crippen LogP contribution is -2.48. The van der Waals surface area contributed by atoms with Gasteiger partial charge in [-0.25, -0.2) is 19.3 Å². The molecule has 2 unspecified atom stereocenters. The molecule has 0 bridgehead atoms. The van der Waals surface area contributed by atoms with Crippen LogP contribution in [0.3, 0.4) is 0 Å². The smallest absolute Gasteiger partial charge is 0.287 e. The Kier molecular flexibility index (Phi) is 7.06. The second-order valence-electron chi connectivity index (χ2n) is 11.2. The molecule has 0 radical (unpaired) electrons. The Morgan fingerprint density at radius 1 is 1.07 bits per heavy atom. The number of anilines is 3. The molecule has 4 aromatic rings. The first-order chi connectivity index (χ1) is 19.7. The number of benzene rings is 1. The number of alkyl halides is 2. The fourth-order valence-electron chi connectivity index (χ4n) is 6.04. The summed E-state index contributed by atoms with van der Waals surface area (Å²) in [5, 5.41) is 3.47. The first-order valence-corrected chi connectivity index (χ1v) is 14.0. The standard InChI is InChI=1S/C30H34F2N8O/c1-4-14-39-28(41)24-17-33-29(36-27(24)40(39)26-7-5-6-25(35-26)30(2,31)32)34-22-8-10-23(11-9-22)38-16-13-20-18-37(3)15-12-21(20)19-38/h4-11,17,20-21H,1,12-16,18-19H2,2-3H3,(H,33,34,36). The molecule has 41 heavy (non-hydrogen) atoms. The molecule has 9 nitrogen and oxygen atoms in total. The van der Waals surface area contributed by atoms with Crippen molar-refractivity contribution in [3.8, 4) is 5.82 Å². The van der Waals surface area contributed by atoms with Crippen LogP contribution >= 0.6 is 0 Å². The van der Waals surface area contributed by atoms with E-state index in [0.717, 1.165) is 37.5 Å². The minimum absolute atomic E-state index is 0.142. The second-order valence-corrected chi connectivity index (χ2v) is 11.2. The first kappa shape index (κ1) is 27.1. The van der Waals surface area contributed by atoms with Crippen molar-refractivity contribution in [2.24, 2.45) is 11.8 Å². The summed E-state index contributed by atoms with van der Waals surface area (Å²) in [5.74, 6) is -1.19. The number of fused-ring (bicyclic) bond motifs is 2. The van der Waals surface area contributed by atoms with E-state index in [0.29, 0.717) is 0 Å².